The summed E-state index contributed by atoms with van der Waals surface area (Å²) in [5, 5.41) is 5.58. The summed E-state index contributed by atoms with van der Waals surface area (Å²) in [6, 6.07) is 16.2. The zero-order valence-electron chi connectivity index (χ0n) is 24.6. The largest absolute Gasteiger partial charge is 0.495 e. The molecule has 2 unspecified atom stereocenters. The standard InChI is InChI=1S/C32H36FN3O7/c1-5-42-31(38)22-11-13-27(29(16-22)41-4)43-19-24-17-23(33)18-36(24)30(37)15-21-10-12-26(28(14-21)40-3)35-32(39)34-25-9-7-6-8-20(25)2/h6-14,16,23-24H,5,15,17-19H2,1-4H3,(H2,34,35,39). The number of hydrogen-bond acceptors (Lipinski definition) is 7. The molecule has 0 spiro atoms. The van der Waals surface area contributed by atoms with Crippen LogP contribution in [0.5, 0.6) is 17.2 Å². The van der Waals surface area contributed by atoms with Crippen molar-refractivity contribution in [2.75, 3.05) is 44.6 Å². The van der Waals surface area contributed by atoms with Gasteiger partial charge in [-0.25, -0.2) is 14.0 Å². The molecule has 10 nitrogen and oxygen atoms in total. The number of para-hydroxylation sites is 1. The van der Waals surface area contributed by atoms with Gasteiger partial charge in [-0.05, 0) is 61.4 Å². The smallest absolute Gasteiger partial charge is 0.338 e. The number of alkyl halides is 1. The molecular formula is C32H36FN3O7. The number of anilines is 2. The van der Waals surface area contributed by atoms with Crippen LogP contribution in [-0.2, 0) is 16.0 Å². The number of carbonyl (C=O) groups excluding carboxylic acids is 3. The van der Waals surface area contributed by atoms with Gasteiger partial charge >= 0.3 is 12.0 Å². The molecule has 228 valence electrons. The monoisotopic (exact) mass is 593 g/mol. The van der Waals surface area contributed by atoms with E-state index in [-0.39, 0.29) is 38.5 Å². The van der Waals surface area contributed by atoms with Crippen molar-refractivity contribution in [2.24, 2.45) is 0 Å². The molecule has 0 bridgehead atoms. The highest BCUT2D eigenvalue weighted by Crippen LogP contribution is 2.31. The van der Waals surface area contributed by atoms with Crippen LogP contribution < -0.4 is 24.8 Å². The Kier molecular flexibility index (Phi) is 10.4. The highest BCUT2D eigenvalue weighted by molar-refractivity contribution is 6.01. The van der Waals surface area contributed by atoms with Crippen molar-refractivity contribution in [3.63, 3.8) is 0 Å². The van der Waals surface area contributed by atoms with Crippen LogP contribution in [0.2, 0.25) is 0 Å². The lowest BCUT2D eigenvalue weighted by atomic mass is 10.1. The van der Waals surface area contributed by atoms with Crippen molar-refractivity contribution in [1.29, 1.82) is 0 Å². The van der Waals surface area contributed by atoms with E-state index in [9.17, 15) is 18.8 Å². The first-order valence-corrected chi connectivity index (χ1v) is 13.9. The van der Waals surface area contributed by atoms with E-state index >= 15 is 0 Å². The topological polar surface area (TPSA) is 115 Å². The molecule has 2 N–H and O–H groups in total. The molecule has 3 aromatic rings. The van der Waals surface area contributed by atoms with Crippen molar-refractivity contribution >= 4 is 29.3 Å². The lowest BCUT2D eigenvalue weighted by Gasteiger charge is -2.25. The average molecular weight is 594 g/mol. The van der Waals surface area contributed by atoms with E-state index < -0.39 is 24.2 Å². The van der Waals surface area contributed by atoms with E-state index in [4.69, 9.17) is 18.9 Å². The summed E-state index contributed by atoms with van der Waals surface area (Å²) in [6.45, 7) is 3.86. The second-order valence-corrected chi connectivity index (χ2v) is 10.0. The van der Waals surface area contributed by atoms with Crippen molar-refractivity contribution in [1.82, 2.24) is 4.90 Å². The van der Waals surface area contributed by atoms with Gasteiger partial charge in [-0.3, -0.25) is 4.79 Å². The molecular weight excluding hydrogens is 557 g/mol. The van der Waals surface area contributed by atoms with Gasteiger partial charge in [0.15, 0.2) is 11.5 Å². The average Bonchev–Trinajstić information content (AvgIpc) is 3.38. The predicted molar refractivity (Wildman–Crippen MR) is 160 cm³/mol. The normalized spacial score (nSPS) is 15.9. The molecule has 1 fully saturated rings. The third kappa shape index (κ3) is 7.94. The van der Waals surface area contributed by atoms with Gasteiger partial charge in [0, 0.05) is 12.1 Å². The third-order valence-corrected chi connectivity index (χ3v) is 7.05. The van der Waals surface area contributed by atoms with Crippen LogP contribution >= 0.6 is 0 Å². The van der Waals surface area contributed by atoms with Crippen LogP contribution in [0.15, 0.2) is 60.7 Å². The maximum absolute atomic E-state index is 14.5. The van der Waals surface area contributed by atoms with E-state index in [1.165, 1.54) is 25.2 Å². The maximum Gasteiger partial charge on any atom is 0.338 e. The molecule has 43 heavy (non-hydrogen) atoms. The molecule has 1 heterocycles. The summed E-state index contributed by atoms with van der Waals surface area (Å²) < 4.78 is 36.3. The minimum absolute atomic E-state index is 0.00677. The second kappa shape index (κ2) is 14.4. The zero-order valence-corrected chi connectivity index (χ0v) is 24.6. The Bertz CT molecular complexity index is 1460. The maximum atomic E-state index is 14.5. The fourth-order valence-electron chi connectivity index (χ4n) is 4.85. The van der Waals surface area contributed by atoms with Gasteiger partial charge < -0.3 is 34.5 Å². The molecule has 11 heteroatoms. The van der Waals surface area contributed by atoms with Crippen LogP contribution in [0.25, 0.3) is 0 Å². The Labute approximate surface area is 250 Å². The molecule has 3 amide bonds. The van der Waals surface area contributed by atoms with E-state index in [0.29, 0.717) is 39.8 Å². The Morgan fingerprint density at radius 3 is 2.40 bits per heavy atom. The number of nitrogens with one attached hydrogen (secondary N) is 2. The molecule has 3 aromatic carbocycles. The summed E-state index contributed by atoms with van der Waals surface area (Å²) in [5.41, 5.74) is 3.00. The lowest BCUT2D eigenvalue weighted by Crippen LogP contribution is -2.40. The number of aryl methyl sites for hydroxylation is 1. The number of urea groups is 1. The number of halogens is 1. The van der Waals surface area contributed by atoms with Crippen LogP contribution in [0.3, 0.4) is 0 Å². The van der Waals surface area contributed by atoms with Crippen molar-refractivity contribution in [2.45, 2.75) is 38.9 Å². The first kappa shape index (κ1) is 31.1. The Morgan fingerprint density at radius 2 is 1.67 bits per heavy atom. The number of likely N-dealkylation sites (tertiary alicyclic amines) is 1. The molecule has 0 radical (unpaired) electrons. The summed E-state index contributed by atoms with van der Waals surface area (Å²) >= 11 is 0. The molecule has 0 aromatic heterocycles. The summed E-state index contributed by atoms with van der Waals surface area (Å²) in [4.78, 5) is 39.4. The fourth-order valence-corrected chi connectivity index (χ4v) is 4.85. The minimum Gasteiger partial charge on any atom is -0.495 e. The first-order chi connectivity index (χ1) is 20.7. The number of amides is 3. The lowest BCUT2D eigenvalue weighted by molar-refractivity contribution is -0.132. The van der Waals surface area contributed by atoms with E-state index in [0.717, 1.165) is 5.56 Å². The van der Waals surface area contributed by atoms with E-state index in [1.54, 1.807) is 43.3 Å². The molecule has 1 aliphatic rings. The SMILES string of the molecule is CCOC(=O)c1ccc(OCC2CC(F)CN2C(=O)Cc2ccc(NC(=O)Nc3ccccc3C)c(OC)c2)c(OC)c1. The van der Waals surface area contributed by atoms with Crippen molar-refractivity contribution < 1.29 is 37.7 Å². The van der Waals surface area contributed by atoms with Gasteiger partial charge in [-0.15, -0.1) is 0 Å². The third-order valence-electron chi connectivity index (χ3n) is 7.05. The summed E-state index contributed by atoms with van der Waals surface area (Å²) in [7, 11) is 2.92. The fraction of sp³-hybridized carbons (Fsp3) is 0.344. The zero-order chi connectivity index (χ0) is 30.9. The number of carbonyl (C=O) groups is 3. The van der Waals surface area contributed by atoms with Gasteiger partial charge in [0.1, 0.15) is 18.5 Å². The van der Waals surface area contributed by atoms with E-state index in [1.807, 2.05) is 25.1 Å². The van der Waals surface area contributed by atoms with Crippen LogP contribution in [0.1, 0.15) is 34.8 Å². The molecule has 4 rings (SSSR count). The quantitative estimate of drug-likeness (QED) is 0.286. The number of nitrogens with zero attached hydrogens (tertiary/aromatic N) is 1. The number of methoxy groups -OCH3 is 2. The molecule has 0 saturated carbocycles. The van der Waals surface area contributed by atoms with Gasteiger partial charge in [0.2, 0.25) is 5.91 Å². The Hall–Kier alpha value is -4.80. The number of ether oxygens (including phenoxy) is 4. The van der Waals surface area contributed by atoms with E-state index in [2.05, 4.69) is 10.6 Å². The predicted octanol–water partition coefficient (Wildman–Crippen LogP) is 5.39. The van der Waals surface area contributed by atoms with Gasteiger partial charge in [-0.2, -0.15) is 0 Å². The van der Waals surface area contributed by atoms with Crippen LogP contribution in [-0.4, -0.2) is 69.0 Å². The summed E-state index contributed by atoms with van der Waals surface area (Å²) in [5.74, 6) is 0.328. The first-order valence-electron chi connectivity index (χ1n) is 13.9. The second-order valence-electron chi connectivity index (χ2n) is 10.0. The van der Waals surface area contributed by atoms with Crippen molar-refractivity contribution in [3.8, 4) is 17.2 Å². The highest BCUT2D eigenvalue weighted by atomic mass is 19.1. The molecule has 0 aliphatic carbocycles. The van der Waals surface area contributed by atoms with Crippen LogP contribution in [0, 0.1) is 6.92 Å². The van der Waals surface area contributed by atoms with Gasteiger partial charge in [0.05, 0.1) is 51.1 Å². The summed E-state index contributed by atoms with van der Waals surface area (Å²) in [6.07, 6.45) is -1.04. The molecule has 1 saturated heterocycles. The van der Waals surface area contributed by atoms with Crippen molar-refractivity contribution in [3.05, 3.63) is 77.4 Å². The van der Waals surface area contributed by atoms with Gasteiger partial charge in [-0.1, -0.05) is 24.3 Å². The highest BCUT2D eigenvalue weighted by Gasteiger charge is 2.36. The number of benzene rings is 3. The van der Waals surface area contributed by atoms with Crippen LogP contribution in [0.4, 0.5) is 20.6 Å². The Balaban J connectivity index is 1.39. The number of esters is 1. The Morgan fingerprint density at radius 1 is 0.930 bits per heavy atom. The number of rotatable bonds is 11. The number of hydrogen-bond donors (Lipinski definition) is 2. The molecule has 1 aliphatic heterocycles. The minimum atomic E-state index is -1.18. The molecule has 2 atom stereocenters. The van der Waals surface area contributed by atoms with Gasteiger partial charge in [0.25, 0.3) is 0 Å².